The Balaban J connectivity index is 2.30. The maximum absolute atomic E-state index is 12.4. The number of halogens is 3. The van der Waals surface area contributed by atoms with Gasteiger partial charge in [-0.25, -0.2) is 8.42 Å². The summed E-state index contributed by atoms with van der Waals surface area (Å²) in [5.74, 6) is 0. The van der Waals surface area contributed by atoms with Crippen molar-refractivity contribution in [1.82, 2.24) is 0 Å². The molecule has 8 heteroatoms. The third-order valence-corrected chi connectivity index (χ3v) is 5.41. The van der Waals surface area contributed by atoms with Gasteiger partial charge < -0.3 is 5.73 Å². The van der Waals surface area contributed by atoms with Gasteiger partial charge in [0.25, 0.3) is 0 Å². The zero-order valence-corrected chi connectivity index (χ0v) is 10.7. The number of sulfonamides is 1. The Labute approximate surface area is 109 Å². The van der Waals surface area contributed by atoms with E-state index >= 15 is 0 Å². The molecule has 1 saturated heterocycles. The van der Waals surface area contributed by atoms with Crippen LogP contribution < -0.4 is 10.0 Å². The molecule has 0 unspecified atom stereocenters. The molecule has 0 amide bonds. The number of benzene rings is 1. The Morgan fingerprint density at radius 1 is 1.26 bits per heavy atom. The molecule has 0 spiro atoms. The highest BCUT2D eigenvalue weighted by molar-refractivity contribution is 7.93. The largest absolute Gasteiger partial charge is 0.416 e. The van der Waals surface area contributed by atoms with E-state index in [1.165, 1.54) is 12.1 Å². The van der Waals surface area contributed by atoms with Gasteiger partial charge in [0.2, 0.25) is 10.0 Å². The molecule has 19 heavy (non-hydrogen) atoms. The number of nitrogens with two attached hydrogens (primary N) is 1. The van der Waals surface area contributed by atoms with E-state index in [1.54, 1.807) is 0 Å². The fourth-order valence-electron chi connectivity index (χ4n) is 2.05. The minimum absolute atomic E-state index is 0.0134. The first-order chi connectivity index (χ1) is 8.76. The van der Waals surface area contributed by atoms with Crippen LogP contribution in [0, 0.1) is 0 Å². The molecule has 2 rings (SSSR count). The van der Waals surface area contributed by atoms with Gasteiger partial charge in [-0.2, -0.15) is 13.2 Å². The Kier molecular flexibility index (Phi) is 3.48. The Morgan fingerprint density at radius 3 is 2.26 bits per heavy atom. The minimum Gasteiger partial charge on any atom is -0.329 e. The van der Waals surface area contributed by atoms with E-state index in [1.807, 2.05) is 0 Å². The molecule has 1 aliphatic rings. The molecule has 1 aromatic rings. The molecule has 1 fully saturated rings. The zero-order chi connectivity index (χ0) is 14.3. The standard InChI is InChI=1S/C11H13F3N2O2S/c12-11(13,14)8-1-3-9(4-2-8)16-6-5-10(7-15)19(16,17)18/h1-4,10H,5-7,15H2/t10-/m0/s1. The van der Waals surface area contributed by atoms with Crippen LogP contribution >= 0.6 is 0 Å². The summed E-state index contributed by atoms with van der Waals surface area (Å²) in [6.07, 6.45) is -4.04. The van der Waals surface area contributed by atoms with Gasteiger partial charge in [0.05, 0.1) is 16.5 Å². The van der Waals surface area contributed by atoms with Gasteiger partial charge in [0.1, 0.15) is 0 Å². The van der Waals surface area contributed by atoms with Gasteiger partial charge in [0.15, 0.2) is 0 Å². The van der Waals surface area contributed by atoms with Crippen LogP contribution in [0.3, 0.4) is 0 Å². The average molecular weight is 294 g/mol. The molecule has 1 aromatic carbocycles. The van der Waals surface area contributed by atoms with Crippen LogP contribution in [0.1, 0.15) is 12.0 Å². The highest BCUT2D eigenvalue weighted by atomic mass is 32.2. The monoisotopic (exact) mass is 294 g/mol. The summed E-state index contributed by atoms with van der Waals surface area (Å²) >= 11 is 0. The first-order valence-corrected chi connectivity index (χ1v) is 7.16. The van der Waals surface area contributed by atoms with E-state index in [0.29, 0.717) is 6.42 Å². The van der Waals surface area contributed by atoms with Crippen molar-refractivity contribution >= 4 is 15.7 Å². The second-order valence-corrected chi connectivity index (χ2v) is 6.45. The Morgan fingerprint density at radius 2 is 1.84 bits per heavy atom. The zero-order valence-electron chi connectivity index (χ0n) is 9.89. The van der Waals surface area contributed by atoms with E-state index in [-0.39, 0.29) is 18.8 Å². The van der Waals surface area contributed by atoms with Crippen molar-refractivity contribution in [2.24, 2.45) is 5.73 Å². The lowest BCUT2D eigenvalue weighted by Crippen LogP contribution is -2.33. The Bertz CT molecular complexity index is 554. The molecule has 4 nitrogen and oxygen atoms in total. The second-order valence-electron chi connectivity index (χ2n) is 4.31. The molecule has 0 saturated carbocycles. The lowest BCUT2D eigenvalue weighted by molar-refractivity contribution is -0.137. The van der Waals surface area contributed by atoms with Crippen molar-refractivity contribution in [1.29, 1.82) is 0 Å². The summed E-state index contributed by atoms with van der Waals surface area (Å²) < 4.78 is 62.4. The summed E-state index contributed by atoms with van der Waals surface area (Å²) in [7, 11) is -3.55. The van der Waals surface area contributed by atoms with Crippen molar-refractivity contribution in [2.75, 3.05) is 17.4 Å². The third kappa shape index (κ3) is 2.55. The molecule has 1 aliphatic heterocycles. The second kappa shape index (κ2) is 4.68. The number of nitrogens with zero attached hydrogens (tertiary/aromatic N) is 1. The number of rotatable bonds is 2. The average Bonchev–Trinajstić information content (AvgIpc) is 2.63. The summed E-state index contributed by atoms with van der Waals surface area (Å²) in [5, 5.41) is -0.658. The lowest BCUT2D eigenvalue weighted by Gasteiger charge is -2.19. The van der Waals surface area contributed by atoms with Crippen LogP contribution in [0.4, 0.5) is 18.9 Å². The van der Waals surface area contributed by atoms with Crippen LogP contribution in [0.2, 0.25) is 0 Å². The van der Waals surface area contributed by atoms with E-state index in [0.717, 1.165) is 16.4 Å². The minimum atomic E-state index is -4.43. The highest BCUT2D eigenvalue weighted by Gasteiger charge is 2.38. The van der Waals surface area contributed by atoms with Crippen molar-refractivity contribution in [3.05, 3.63) is 29.8 Å². The van der Waals surface area contributed by atoms with Gasteiger partial charge in [-0.05, 0) is 30.7 Å². The molecule has 0 radical (unpaired) electrons. The van der Waals surface area contributed by atoms with E-state index in [2.05, 4.69) is 0 Å². The van der Waals surface area contributed by atoms with Crippen LogP contribution in [-0.2, 0) is 16.2 Å². The lowest BCUT2D eigenvalue weighted by atomic mass is 10.2. The molecule has 0 aliphatic carbocycles. The molecule has 1 atom stereocenters. The van der Waals surface area contributed by atoms with Gasteiger partial charge in [-0.15, -0.1) is 0 Å². The molecule has 2 N–H and O–H groups in total. The summed E-state index contributed by atoms with van der Waals surface area (Å²) in [4.78, 5) is 0. The molecule has 106 valence electrons. The predicted molar refractivity (Wildman–Crippen MR) is 65.2 cm³/mol. The fourth-order valence-corrected chi connectivity index (χ4v) is 3.83. The normalized spacial score (nSPS) is 22.7. The van der Waals surface area contributed by atoms with Crippen molar-refractivity contribution < 1.29 is 21.6 Å². The highest BCUT2D eigenvalue weighted by Crippen LogP contribution is 2.33. The number of hydrogen-bond donors (Lipinski definition) is 1. The molecule has 1 heterocycles. The summed E-state index contributed by atoms with van der Waals surface area (Å²) in [5.41, 5.74) is 4.81. The van der Waals surface area contributed by atoms with Crippen molar-refractivity contribution in [2.45, 2.75) is 17.8 Å². The SMILES string of the molecule is NC[C@@H]1CCN(c2ccc(C(F)(F)F)cc2)S1(=O)=O. The van der Waals surface area contributed by atoms with E-state index < -0.39 is 27.0 Å². The third-order valence-electron chi connectivity index (χ3n) is 3.13. The van der Waals surface area contributed by atoms with Gasteiger partial charge in [-0.1, -0.05) is 0 Å². The van der Waals surface area contributed by atoms with E-state index in [4.69, 9.17) is 5.73 Å². The molecule has 0 bridgehead atoms. The van der Waals surface area contributed by atoms with Crippen LogP contribution in [0.15, 0.2) is 24.3 Å². The molecular weight excluding hydrogens is 281 g/mol. The number of alkyl halides is 3. The first kappa shape index (κ1) is 14.1. The van der Waals surface area contributed by atoms with Gasteiger partial charge >= 0.3 is 6.18 Å². The van der Waals surface area contributed by atoms with Crippen LogP contribution in [0.5, 0.6) is 0 Å². The smallest absolute Gasteiger partial charge is 0.329 e. The summed E-state index contributed by atoms with van der Waals surface area (Å²) in [6.45, 7) is 0.259. The molecule has 0 aromatic heterocycles. The number of hydrogen-bond acceptors (Lipinski definition) is 3. The molecular formula is C11H13F3N2O2S. The van der Waals surface area contributed by atoms with Crippen molar-refractivity contribution in [3.63, 3.8) is 0 Å². The number of anilines is 1. The summed E-state index contributed by atoms with van der Waals surface area (Å²) in [6, 6.07) is 4.08. The van der Waals surface area contributed by atoms with Crippen LogP contribution in [0.25, 0.3) is 0 Å². The Hall–Kier alpha value is -1.28. The first-order valence-electron chi connectivity index (χ1n) is 5.65. The maximum atomic E-state index is 12.4. The van der Waals surface area contributed by atoms with Crippen molar-refractivity contribution in [3.8, 4) is 0 Å². The predicted octanol–water partition coefficient (Wildman–Crippen LogP) is 1.57. The van der Waals surface area contributed by atoms with Gasteiger partial charge in [0, 0.05) is 13.1 Å². The maximum Gasteiger partial charge on any atom is 0.416 e. The quantitative estimate of drug-likeness (QED) is 0.900. The van der Waals surface area contributed by atoms with Crippen LogP contribution in [-0.4, -0.2) is 26.8 Å². The fraction of sp³-hybridized carbons (Fsp3) is 0.455. The van der Waals surface area contributed by atoms with Gasteiger partial charge in [-0.3, -0.25) is 4.31 Å². The van der Waals surface area contributed by atoms with E-state index in [9.17, 15) is 21.6 Å². The topological polar surface area (TPSA) is 63.4 Å².